The zero-order valence-corrected chi connectivity index (χ0v) is 7.73. The molecular weight excluding hydrogens is 180 g/mol. The Labute approximate surface area is 81.9 Å². The van der Waals surface area contributed by atoms with Crippen LogP contribution in [0.1, 0.15) is 11.1 Å². The van der Waals surface area contributed by atoms with E-state index in [0.717, 1.165) is 16.8 Å². The fourth-order valence-electron chi connectivity index (χ4n) is 1.72. The van der Waals surface area contributed by atoms with Crippen molar-refractivity contribution >= 4 is 11.6 Å². The summed E-state index contributed by atoms with van der Waals surface area (Å²) in [6.45, 7) is 0.217. The third-order valence-corrected chi connectivity index (χ3v) is 2.45. The smallest absolute Gasteiger partial charge is 0.233 e. The minimum absolute atomic E-state index is 0.0586. The van der Waals surface area contributed by atoms with Gasteiger partial charge in [0, 0.05) is 12.2 Å². The van der Waals surface area contributed by atoms with Crippen LogP contribution < -0.4 is 10.6 Å². The first-order valence-electron chi connectivity index (χ1n) is 4.49. The van der Waals surface area contributed by atoms with Gasteiger partial charge in [0.15, 0.2) is 0 Å². The number of fused-ring (bicyclic) bond motifs is 1. The molecule has 0 atom stereocenters. The number of amides is 1. The number of carbonyl (C=O) groups excluding carboxylic acids is 1. The molecule has 4 heteroatoms. The zero-order chi connectivity index (χ0) is 10.1. The van der Waals surface area contributed by atoms with Gasteiger partial charge in [0.1, 0.15) is 6.73 Å². The van der Waals surface area contributed by atoms with Gasteiger partial charge in [0.25, 0.3) is 0 Å². The molecule has 1 aromatic carbocycles. The Morgan fingerprint density at radius 3 is 2.93 bits per heavy atom. The van der Waals surface area contributed by atoms with Gasteiger partial charge in [0.05, 0.1) is 6.42 Å². The van der Waals surface area contributed by atoms with Crippen molar-refractivity contribution in [2.24, 2.45) is 5.73 Å². The highest BCUT2D eigenvalue weighted by Gasteiger charge is 2.26. The number of rotatable bonds is 2. The number of hydrogen-bond donors (Lipinski definition) is 2. The normalized spacial score (nSPS) is 14.7. The van der Waals surface area contributed by atoms with Crippen LogP contribution in [0.2, 0.25) is 0 Å². The number of carbonyl (C=O) groups is 1. The average Bonchev–Trinajstić information content (AvgIpc) is 2.51. The monoisotopic (exact) mass is 192 g/mol. The van der Waals surface area contributed by atoms with Gasteiger partial charge in [-0.1, -0.05) is 12.1 Å². The quantitative estimate of drug-likeness (QED) is 0.692. The predicted octanol–water partition coefficient (Wildman–Crippen LogP) is -0.0158. The molecule has 0 fully saturated rings. The molecule has 0 unspecified atom stereocenters. The molecule has 0 aliphatic carbocycles. The maximum absolute atomic E-state index is 11.4. The molecule has 0 aromatic heterocycles. The van der Waals surface area contributed by atoms with E-state index in [9.17, 15) is 4.79 Å². The van der Waals surface area contributed by atoms with Crippen molar-refractivity contribution < 1.29 is 9.90 Å². The number of nitrogens with zero attached hydrogens (tertiary/aromatic N) is 1. The molecule has 1 aromatic rings. The van der Waals surface area contributed by atoms with E-state index in [0.29, 0.717) is 13.0 Å². The van der Waals surface area contributed by atoms with E-state index in [4.69, 9.17) is 10.8 Å². The summed E-state index contributed by atoms with van der Waals surface area (Å²) >= 11 is 0. The van der Waals surface area contributed by atoms with Gasteiger partial charge in [0.2, 0.25) is 5.91 Å². The summed E-state index contributed by atoms with van der Waals surface area (Å²) in [5.74, 6) is -0.0586. The molecule has 0 bridgehead atoms. The minimum atomic E-state index is -0.256. The molecule has 2 rings (SSSR count). The second kappa shape index (κ2) is 3.40. The second-order valence-electron chi connectivity index (χ2n) is 3.31. The lowest BCUT2D eigenvalue weighted by Crippen LogP contribution is -2.27. The minimum Gasteiger partial charge on any atom is -0.376 e. The Bertz CT molecular complexity index is 376. The van der Waals surface area contributed by atoms with Crippen LogP contribution in [0, 0.1) is 0 Å². The number of benzene rings is 1. The summed E-state index contributed by atoms with van der Waals surface area (Å²) in [6, 6.07) is 5.63. The molecule has 1 amide bonds. The number of aliphatic hydroxyl groups is 1. The third-order valence-electron chi connectivity index (χ3n) is 2.45. The van der Waals surface area contributed by atoms with E-state index in [2.05, 4.69) is 0 Å². The number of nitrogens with two attached hydrogens (primary N) is 1. The summed E-state index contributed by atoms with van der Waals surface area (Å²) in [5.41, 5.74) is 8.26. The first-order valence-corrected chi connectivity index (χ1v) is 4.49. The summed E-state index contributed by atoms with van der Waals surface area (Å²) in [5, 5.41) is 8.99. The summed E-state index contributed by atoms with van der Waals surface area (Å²) in [6.07, 6.45) is 0.365. The van der Waals surface area contributed by atoms with Gasteiger partial charge < -0.3 is 10.8 Å². The Morgan fingerprint density at radius 1 is 1.50 bits per heavy atom. The van der Waals surface area contributed by atoms with Crippen LogP contribution in [0.4, 0.5) is 5.69 Å². The summed E-state index contributed by atoms with van der Waals surface area (Å²) in [7, 11) is 0. The van der Waals surface area contributed by atoms with Crippen LogP contribution in [0.3, 0.4) is 0 Å². The van der Waals surface area contributed by atoms with Gasteiger partial charge in [-0.15, -0.1) is 0 Å². The lowest BCUT2D eigenvalue weighted by atomic mass is 10.1. The molecule has 14 heavy (non-hydrogen) atoms. The van der Waals surface area contributed by atoms with E-state index >= 15 is 0 Å². The molecule has 0 saturated heterocycles. The van der Waals surface area contributed by atoms with Crippen molar-refractivity contribution in [1.29, 1.82) is 0 Å². The standard InChI is InChI=1S/C10H12N2O2/c11-5-7-1-2-9-8(3-7)4-10(14)12(9)6-13/h1-3,13H,4-6,11H2. The maximum Gasteiger partial charge on any atom is 0.233 e. The lowest BCUT2D eigenvalue weighted by molar-refractivity contribution is -0.118. The second-order valence-corrected chi connectivity index (χ2v) is 3.31. The van der Waals surface area contributed by atoms with E-state index in [-0.39, 0.29) is 12.6 Å². The van der Waals surface area contributed by atoms with Crippen molar-refractivity contribution in [3.05, 3.63) is 29.3 Å². The van der Waals surface area contributed by atoms with Gasteiger partial charge >= 0.3 is 0 Å². The first-order chi connectivity index (χ1) is 6.76. The molecule has 74 valence electrons. The van der Waals surface area contributed by atoms with Gasteiger partial charge in [-0.3, -0.25) is 9.69 Å². The highest BCUT2D eigenvalue weighted by atomic mass is 16.3. The fourth-order valence-corrected chi connectivity index (χ4v) is 1.72. The molecule has 0 radical (unpaired) electrons. The van der Waals surface area contributed by atoms with Crippen molar-refractivity contribution in [3.63, 3.8) is 0 Å². The van der Waals surface area contributed by atoms with Gasteiger partial charge in [-0.2, -0.15) is 0 Å². The molecule has 1 aliphatic heterocycles. The molecular formula is C10H12N2O2. The van der Waals surface area contributed by atoms with E-state index < -0.39 is 0 Å². The Hall–Kier alpha value is -1.39. The van der Waals surface area contributed by atoms with Crippen molar-refractivity contribution in [2.75, 3.05) is 11.6 Å². The average molecular weight is 192 g/mol. The number of aliphatic hydroxyl groups excluding tert-OH is 1. The van der Waals surface area contributed by atoms with Crippen LogP contribution in [0.25, 0.3) is 0 Å². The van der Waals surface area contributed by atoms with Crippen LogP contribution >= 0.6 is 0 Å². The summed E-state index contributed by atoms with van der Waals surface area (Å²) < 4.78 is 0. The van der Waals surface area contributed by atoms with Crippen LogP contribution in [-0.4, -0.2) is 17.7 Å². The highest BCUT2D eigenvalue weighted by Crippen LogP contribution is 2.28. The fraction of sp³-hybridized carbons (Fsp3) is 0.300. The highest BCUT2D eigenvalue weighted by molar-refractivity contribution is 6.01. The first kappa shape index (κ1) is 9.18. The lowest BCUT2D eigenvalue weighted by Gasteiger charge is -2.13. The van der Waals surface area contributed by atoms with Gasteiger partial charge in [-0.25, -0.2) is 0 Å². The predicted molar refractivity (Wildman–Crippen MR) is 52.6 cm³/mol. The Balaban J connectivity index is 2.42. The molecule has 1 aliphatic rings. The Kier molecular flexibility index (Phi) is 2.23. The number of hydrogen-bond acceptors (Lipinski definition) is 3. The van der Waals surface area contributed by atoms with E-state index in [1.807, 2.05) is 18.2 Å². The van der Waals surface area contributed by atoms with Crippen LogP contribution in [0.5, 0.6) is 0 Å². The van der Waals surface area contributed by atoms with E-state index in [1.165, 1.54) is 4.90 Å². The summed E-state index contributed by atoms with van der Waals surface area (Å²) in [4.78, 5) is 12.8. The molecule has 0 saturated carbocycles. The van der Waals surface area contributed by atoms with E-state index in [1.54, 1.807) is 0 Å². The van der Waals surface area contributed by atoms with Crippen LogP contribution in [-0.2, 0) is 17.8 Å². The van der Waals surface area contributed by atoms with Crippen molar-refractivity contribution in [1.82, 2.24) is 0 Å². The molecule has 4 nitrogen and oxygen atoms in total. The maximum atomic E-state index is 11.4. The SMILES string of the molecule is NCc1ccc2c(c1)CC(=O)N2CO. The van der Waals surface area contributed by atoms with Crippen molar-refractivity contribution in [2.45, 2.75) is 13.0 Å². The third kappa shape index (κ3) is 1.29. The topological polar surface area (TPSA) is 66.6 Å². The van der Waals surface area contributed by atoms with Crippen LogP contribution in [0.15, 0.2) is 18.2 Å². The Morgan fingerprint density at radius 2 is 2.29 bits per heavy atom. The number of anilines is 1. The molecule has 1 heterocycles. The van der Waals surface area contributed by atoms with Gasteiger partial charge in [-0.05, 0) is 17.2 Å². The molecule has 3 N–H and O–H groups in total. The van der Waals surface area contributed by atoms with Crippen molar-refractivity contribution in [3.8, 4) is 0 Å². The molecule has 0 spiro atoms. The largest absolute Gasteiger partial charge is 0.376 e. The zero-order valence-electron chi connectivity index (χ0n) is 7.73.